The summed E-state index contributed by atoms with van der Waals surface area (Å²) in [5, 5.41) is 8.75. The first-order valence-corrected chi connectivity index (χ1v) is 4.21. The van der Waals surface area contributed by atoms with Crippen LogP contribution in [0.25, 0.3) is 10.2 Å². The topological polar surface area (TPSA) is 28.7 Å². The van der Waals surface area contributed by atoms with Gasteiger partial charge in [-0.2, -0.15) is 5.10 Å². The highest BCUT2D eigenvalue weighted by atomic mass is 32.1. The van der Waals surface area contributed by atoms with Crippen molar-refractivity contribution >= 4 is 21.6 Å². The maximum absolute atomic E-state index is 3.85. The van der Waals surface area contributed by atoms with Gasteiger partial charge in [-0.1, -0.05) is 13.8 Å². The van der Waals surface area contributed by atoms with Crippen LogP contribution in [0.5, 0.6) is 0 Å². The lowest BCUT2D eigenvalue weighted by Crippen LogP contribution is -1.58. The predicted octanol–water partition coefficient (Wildman–Crippen LogP) is 2.65. The van der Waals surface area contributed by atoms with Crippen LogP contribution in [0.3, 0.4) is 0 Å². The number of thiophene rings is 1. The smallest absolute Gasteiger partial charge is 0.0758 e. The van der Waals surface area contributed by atoms with Crippen molar-refractivity contribution in [1.29, 1.82) is 0 Å². The standard InChI is InChI=1S/C5H4N2S.C2H6/c1-2-8-5-3-6-7-4(1)5;1-2/h1-3H,(H,6,7);1-2H3. The van der Waals surface area contributed by atoms with E-state index in [2.05, 4.69) is 10.2 Å². The van der Waals surface area contributed by atoms with Crippen LogP contribution in [0.15, 0.2) is 17.6 Å². The van der Waals surface area contributed by atoms with Gasteiger partial charge < -0.3 is 0 Å². The first kappa shape index (κ1) is 7.28. The summed E-state index contributed by atoms with van der Waals surface area (Å²) < 4.78 is 1.23. The molecule has 0 fully saturated rings. The summed E-state index contributed by atoms with van der Waals surface area (Å²) in [6.45, 7) is 4.00. The van der Waals surface area contributed by atoms with E-state index in [-0.39, 0.29) is 0 Å². The first-order valence-electron chi connectivity index (χ1n) is 3.33. The van der Waals surface area contributed by atoms with Crippen LogP contribution in [0.1, 0.15) is 13.8 Å². The van der Waals surface area contributed by atoms with Gasteiger partial charge in [0.05, 0.1) is 16.4 Å². The molecule has 2 aromatic rings. The lowest BCUT2D eigenvalue weighted by atomic mass is 10.5. The molecular formula is C7H10N2S. The Kier molecular flexibility index (Phi) is 2.45. The molecule has 10 heavy (non-hydrogen) atoms. The predicted molar refractivity (Wildman–Crippen MR) is 45.3 cm³/mol. The van der Waals surface area contributed by atoms with Gasteiger partial charge in [-0.05, 0) is 11.4 Å². The van der Waals surface area contributed by atoms with Crippen LogP contribution in [0.4, 0.5) is 0 Å². The molecular weight excluding hydrogens is 144 g/mol. The number of nitrogens with one attached hydrogen (secondary N) is 1. The van der Waals surface area contributed by atoms with E-state index < -0.39 is 0 Å². The molecule has 54 valence electrons. The minimum Gasteiger partial charge on any atom is -0.277 e. The second-order valence-corrected chi connectivity index (χ2v) is 2.52. The fraction of sp³-hybridized carbons (Fsp3) is 0.286. The summed E-state index contributed by atoms with van der Waals surface area (Å²) in [6.07, 6.45) is 1.83. The largest absolute Gasteiger partial charge is 0.277 e. The molecule has 0 unspecified atom stereocenters. The van der Waals surface area contributed by atoms with Crippen LogP contribution >= 0.6 is 11.3 Å². The molecule has 0 aromatic carbocycles. The summed E-state index contributed by atoms with van der Waals surface area (Å²) in [7, 11) is 0. The number of H-pyrrole nitrogens is 1. The number of aromatic nitrogens is 2. The molecule has 0 aliphatic carbocycles. The molecule has 0 saturated carbocycles. The van der Waals surface area contributed by atoms with Crippen molar-refractivity contribution in [3.05, 3.63) is 17.6 Å². The van der Waals surface area contributed by atoms with Gasteiger partial charge in [0.15, 0.2) is 0 Å². The van der Waals surface area contributed by atoms with Crippen molar-refractivity contribution in [2.24, 2.45) is 0 Å². The summed E-state index contributed by atoms with van der Waals surface area (Å²) in [5.74, 6) is 0. The first-order chi connectivity index (χ1) is 4.97. The maximum atomic E-state index is 3.85. The SMILES string of the molecule is CC.c1cc2[nH]ncc2s1. The van der Waals surface area contributed by atoms with E-state index in [0.717, 1.165) is 5.52 Å². The fourth-order valence-electron chi connectivity index (χ4n) is 0.674. The molecule has 0 bridgehead atoms. The summed E-state index contributed by atoms with van der Waals surface area (Å²) in [6, 6.07) is 2.02. The van der Waals surface area contributed by atoms with Gasteiger partial charge in [0.25, 0.3) is 0 Å². The van der Waals surface area contributed by atoms with Crippen molar-refractivity contribution in [3.63, 3.8) is 0 Å². The van der Waals surface area contributed by atoms with Crippen molar-refractivity contribution in [3.8, 4) is 0 Å². The van der Waals surface area contributed by atoms with Crippen molar-refractivity contribution in [2.75, 3.05) is 0 Å². The Morgan fingerprint density at radius 3 is 3.00 bits per heavy atom. The van der Waals surface area contributed by atoms with E-state index >= 15 is 0 Å². The normalized spacial score (nSPS) is 9.00. The second kappa shape index (κ2) is 3.37. The lowest BCUT2D eigenvalue weighted by Gasteiger charge is -1.64. The molecule has 1 N–H and O–H groups in total. The molecule has 0 aliphatic heterocycles. The molecule has 2 aromatic heterocycles. The molecule has 2 heterocycles. The van der Waals surface area contributed by atoms with Gasteiger partial charge in [-0.3, -0.25) is 5.10 Å². The van der Waals surface area contributed by atoms with E-state index in [4.69, 9.17) is 0 Å². The molecule has 2 rings (SSSR count). The molecule has 0 atom stereocenters. The summed E-state index contributed by atoms with van der Waals surface area (Å²) in [4.78, 5) is 0. The number of hydrogen-bond acceptors (Lipinski definition) is 2. The molecule has 2 nitrogen and oxygen atoms in total. The third-order valence-corrected chi connectivity index (χ3v) is 1.91. The second-order valence-electron chi connectivity index (χ2n) is 1.57. The van der Waals surface area contributed by atoms with Crippen LogP contribution in [-0.4, -0.2) is 10.2 Å². The van der Waals surface area contributed by atoms with Crippen molar-refractivity contribution in [1.82, 2.24) is 10.2 Å². The Bertz CT molecular complexity index is 233. The fourth-order valence-corrected chi connectivity index (χ4v) is 1.38. The zero-order valence-electron chi connectivity index (χ0n) is 6.09. The molecule has 0 radical (unpaired) electrons. The van der Waals surface area contributed by atoms with Crippen LogP contribution in [-0.2, 0) is 0 Å². The van der Waals surface area contributed by atoms with Gasteiger partial charge in [-0.25, -0.2) is 0 Å². The van der Waals surface area contributed by atoms with Crippen LogP contribution in [0, 0.1) is 0 Å². The highest BCUT2D eigenvalue weighted by molar-refractivity contribution is 7.17. The Morgan fingerprint density at radius 1 is 1.50 bits per heavy atom. The van der Waals surface area contributed by atoms with Gasteiger partial charge in [0, 0.05) is 0 Å². The van der Waals surface area contributed by atoms with Crippen molar-refractivity contribution in [2.45, 2.75) is 13.8 Å². The summed E-state index contributed by atoms with van der Waals surface area (Å²) >= 11 is 1.70. The third-order valence-electron chi connectivity index (χ3n) is 1.06. The average Bonchev–Trinajstić information content (AvgIpc) is 2.49. The average molecular weight is 154 g/mol. The van der Waals surface area contributed by atoms with Gasteiger partial charge in [0.2, 0.25) is 0 Å². The van der Waals surface area contributed by atoms with E-state index in [0.29, 0.717) is 0 Å². The molecule has 0 saturated heterocycles. The minimum absolute atomic E-state index is 1.13. The lowest BCUT2D eigenvalue weighted by molar-refractivity contribution is 1.12. The highest BCUT2D eigenvalue weighted by Gasteiger charge is 1.91. The third kappa shape index (κ3) is 1.19. The Hall–Kier alpha value is -0.830. The Balaban J connectivity index is 0.000000231. The number of nitrogens with zero attached hydrogens (tertiary/aromatic N) is 1. The monoisotopic (exact) mass is 154 g/mol. The number of fused-ring (bicyclic) bond motifs is 1. The Labute approximate surface area is 63.9 Å². The number of hydrogen-bond donors (Lipinski definition) is 1. The Morgan fingerprint density at radius 2 is 2.30 bits per heavy atom. The number of rotatable bonds is 0. The summed E-state index contributed by atoms with van der Waals surface area (Å²) in [5.41, 5.74) is 1.13. The minimum atomic E-state index is 1.13. The number of aromatic amines is 1. The van der Waals surface area contributed by atoms with E-state index in [1.807, 2.05) is 31.5 Å². The quantitative estimate of drug-likeness (QED) is 0.621. The van der Waals surface area contributed by atoms with Crippen LogP contribution < -0.4 is 0 Å². The zero-order chi connectivity index (χ0) is 7.40. The van der Waals surface area contributed by atoms with E-state index in [1.54, 1.807) is 11.3 Å². The molecule has 0 amide bonds. The molecule has 3 heteroatoms. The molecule has 0 spiro atoms. The van der Waals surface area contributed by atoms with Crippen LogP contribution in [0.2, 0.25) is 0 Å². The van der Waals surface area contributed by atoms with Crippen molar-refractivity contribution < 1.29 is 0 Å². The molecule has 0 aliphatic rings. The maximum Gasteiger partial charge on any atom is 0.0758 e. The highest BCUT2D eigenvalue weighted by Crippen LogP contribution is 2.15. The zero-order valence-corrected chi connectivity index (χ0v) is 6.90. The van der Waals surface area contributed by atoms with Gasteiger partial charge >= 0.3 is 0 Å². The van der Waals surface area contributed by atoms with E-state index in [1.165, 1.54) is 4.70 Å². The van der Waals surface area contributed by atoms with Gasteiger partial charge in [0.1, 0.15) is 0 Å². The van der Waals surface area contributed by atoms with Gasteiger partial charge in [-0.15, -0.1) is 11.3 Å². The van der Waals surface area contributed by atoms with E-state index in [9.17, 15) is 0 Å².